The summed E-state index contributed by atoms with van der Waals surface area (Å²) in [6, 6.07) is 8.62. The van der Waals surface area contributed by atoms with Gasteiger partial charge in [0.05, 0.1) is 0 Å². The molecule has 186 valence electrons. The van der Waals surface area contributed by atoms with Crippen molar-refractivity contribution in [2.75, 3.05) is 27.2 Å². The monoisotopic (exact) mass is 473 g/mol. The Labute approximate surface area is 210 Å². The summed E-state index contributed by atoms with van der Waals surface area (Å²) < 4.78 is 5.96. The smallest absolute Gasteiger partial charge is 0.156 e. The predicted octanol–water partition coefficient (Wildman–Crippen LogP) is 5.28. The summed E-state index contributed by atoms with van der Waals surface area (Å²) in [4.78, 5) is 14.3. The van der Waals surface area contributed by atoms with Crippen LogP contribution in [0.3, 0.4) is 0 Å². The molecule has 0 bridgehead atoms. The summed E-state index contributed by atoms with van der Waals surface area (Å²) >= 11 is 0. The van der Waals surface area contributed by atoms with Gasteiger partial charge in [-0.2, -0.15) is 0 Å². The summed E-state index contributed by atoms with van der Waals surface area (Å²) in [5, 5.41) is 11.8. The molecular weight excluding hydrogens is 434 g/mol. The number of rotatable bonds is 5. The Morgan fingerprint density at radius 1 is 1.14 bits per heavy atom. The number of hydrogen-bond donors (Lipinski definition) is 1. The van der Waals surface area contributed by atoms with Gasteiger partial charge in [0.1, 0.15) is 18.0 Å². The molecular formula is C31H39NO3. The summed E-state index contributed by atoms with van der Waals surface area (Å²) in [6.07, 6.45) is 8.10. The van der Waals surface area contributed by atoms with Gasteiger partial charge in [-0.3, -0.25) is 4.79 Å². The van der Waals surface area contributed by atoms with Gasteiger partial charge >= 0.3 is 0 Å². The van der Waals surface area contributed by atoms with Crippen molar-refractivity contribution in [3.05, 3.63) is 52.6 Å². The number of allylic oxidation sites excluding steroid dienone is 4. The third-order valence-electron chi connectivity index (χ3n) is 9.31. The molecule has 0 unspecified atom stereocenters. The Balaban J connectivity index is 1.55. The van der Waals surface area contributed by atoms with E-state index in [2.05, 4.69) is 47.9 Å². The molecule has 0 radical (unpaired) electrons. The number of hydrogen-bond acceptors (Lipinski definition) is 4. The lowest BCUT2D eigenvalue weighted by Gasteiger charge is -2.53. The molecule has 0 amide bonds. The largest absolute Gasteiger partial charge is 0.492 e. The summed E-state index contributed by atoms with van der Waals surface area (Å²) in [7, 11) is 4.10. The van der Waals surface area contributed by atoms with Crippen LogP contribution in [-0.2, 0) is 4.79 Å². The van der Waals surface area contributed by atoms with Crippen molar-refractivity contribution in [1.82, 2.24) is 4.90 Å². The van der Waals surface area contributed by atoms with Crippen LogP contribution in [0.5, 0.6) is 5.75 Å². The third-order valence-corrected chi connectivity index (χ3v) is 9.31. The molecule has 0 spiro atoms. The van der Waals surface area contributed by atoms with Crippen LogP contribution < -0.4 is 4.74 Å². The molecule has 0 aromatic heterocycles. The zero-order valence-electron chi connectivity index (χ0n) is 21.7. The van der Waals surface area contributed by atoms with Gasteiger partial charge < -0.3 is 14.7 Å². The zero-order valence-corrected chi connectivity index (χ0v) is 21.7. The van der Waals surface area contributed by atoms with Crippen molar-refractivity contribution >= 4 is 5.78 Å². The topological polar surface area (TPSA) is 49.8 Å². The first-order valence-corrected chi connectivity index (χ1v) is 13.3. The normalized spacial score (nSPS) is 33.9. The van der Waals surface area contributed by atoms with Gasteiger partial charge in [0.25, 0.3) is 0 Å². The lowest BCUT2D eigenvalue weighted by Crippen LogP contribution is -2.51. The fraction of sp³-hybridized carbons (Fsp3) is 0.581. The Bertz CT molecular complexity index is 1120. The molecule has 0 saturated heterocycles. The van der Waals surface area contributed by atoms with Crippen molar-refractivity contribution in [2.24, 2.45) is 17.3 Å². The van der Waals surface area contributed by atoms with Crippen LogP contribution >= 0.6 is 0 Å². The maximum atomic E-state index is 12.2. The van der Waals surface area contributed by atoms with Crippen molar-refractivity contribution in [1.29, 1.82) is 0 Å². The van der Waals surface area contributed by atoms with Crippen LogP contribution in [0.1, 0.15) is 70.3 Å². The number of nitrogens with zero attached hydrogens (tertiary/aromatic N) is 1. The molecule has 1 N–H and O–H groups in total. The first kappa shape index (κ1) is 24.3. The van der Waals surface area contributed by atoms with Crippen LogP contribution in [0.2, 0.25) is 0 Å². The van der Waals surface area contributed by atoms with Crippen molar-refractivity contribution < 1.29 is 14.6 Å². The van der Waals surface area contributed by atoms with E-state index in [1.807, 2.05) is 27.1 Å². The number of fused-ring (bicyclic) bond motifs is 4. The fourth-order valence-corrected chi connectivity index (χ4v) is 7.52. The number of ketones is 1. The first-order valence-electron chi connectivity index (χ1n) is 13.3. The number of carbonyl (C=O) groups excluding carboxylic acids is 1. The van der Waals surface area contributed by atoms with Crippen LogP contribution in [0.4, 0.5) is 0 Å². The molecule has 1 aromatic carbocycles. The Hall–Kier alpha value is -2.35. The zero-order chi connectivity index (χ0) is 24.8. The van der Waals surface area contributed by atoms with Crippen molar-refractivity contribution in [3.8, 4) is 17.6 Å². The van der Waals surface area contributed by atoms with E-state index in [4.69, 9.17) is 4.74 Å². The number of likely N-dealkylation sites (N-methyl/N-ethyl adjacent to an activating group) is 1. The summed E-state index contributed by atoms with van der Waals surface area (Å²) in [6.45, 7) is 5.68. The highest BCUT2D eigenvalue weighted by atomic mass is 16.5. The average Bonchev–Trinajstić information content (AvgIpc) is 3.09. The van der Waals surface area contributed by atoms with Gasteiger partial charge in [0, 0.05) is 24.3 Å². The lowest BCUT2D eigenvalue weighted by atomic mass is 9.51. The predicted molar refractivity (Wildman–Crippen MR) is 139 cm³/mol. The number of aliphatic hydroxyl groups is 1. The number of carbonyl (C=O) groups is 1. The molecule has 4 aliphatic rings. The van der Waals surface area contributed by atoms with Gasteiger partial charge in [-0.15, -0.1) is 5.92 Å². The van der Waals surface area contributed by atoms with Crippen LogP contribution in [0.15, 0.2) is 47.1 Å². The molecule has 4 heteroatoms. The summed E-state index contributed by atoms with van der Waals surface area (Å²) in [5.41, 5.74) is 4.36. The summed E-state index contributed by atoms with van der Waals surface area (Å²) in [5.74, 6) is 8.55. The first-order chi connectivity index (χ1) is 16.8. The standard InChI is InChI=1S/C31H39NO3/c1-5-15-31(34)16-14-28-26-12-8-22-19-23(33)9-13-25(22)29(26)27(20-30(28,31)2)21-6-10-24(11-7-21)35-18-17-32(3)4/h6-7,10-11,19,26-28,34H,8-9,12-14,16-18,20H2,1-4H3/t26-,27+,28-,30-,31-/m0/s1. The van der Waals surface area contributed by atoms with Crippen LogP contribution in [0.25, 0.3) is 0 Å². The SMILES string of the molecule is CC#C[C@]1(O)CC[C@H]2[C@@H]3CCC4=CC(=O)CCC4=C3[C@@H](c3ccc(OCCN(C)C)cc3)C[C@@]21C. The molecule has 5 rings (SSSR count). The Morgan fingerprint density at radius 2 is 1.91 bits per heavy atom. The van der Waals surface area contributed by atoms with Crippen molar-refractivity contribution in [2.45, 2.75) is 70.3 Å². The van der Waals surface area contributed by atoms with Crippen molar-refractivity contribution in [3.63, 3.8) is 0 Å². The van der Waals surface area contributed by atoms with E-state index < -0.39 is 5.60 Å². The average molecular weight is 474 g/mol. The molecule has 2 fully saturated rings. The molecule has 4 aliphatic carbocycles. The second-order valence-electron chi connectivity index (χ2n) is 11.5. The lowest BCUT2D eigenvalue weighted by molar-refractivity contribution is -0.114. The number of ether oxygens (including phenoxy) is 1. The minimum atomic E-state index is -0.936. The molecule has 0 aliphatic heterocycles. The van der Waals surface area contributed by atoms with E-state index >= 15 is 0 Å². The molecule has 2 saturated carbocycles. The van der Waals surface area contributed by atoms with Gasteiger partial charge in [-0.25, -0.2) is 0 Å². The molecule has 35 heavy (non-hydrogen) atoms. The van der Waals surface area contributed by atoms with Crippen LogP contribution in [0, 0.1) is 29.1 Å². The highest BCUT2D eigenvalue weighted by Crippen LogP contribution is 2.66. The highest BCUT2D eigenvalue weighted by molar-refractivity contribution is 5.93. The second-order valence-corrected chi connectivity index (χ2v) is 11.5. The molecule has 5 atom stereocenters. The second kappa shape index (κ2) is 9.26. The van der Waals surface area contributed by atoms with E-state index in [0.29, 0.717) is 24.9 Å². The van der Waals surface area contributed by atoms with Gasteiger partial charge in [-0.1, -0.05) is 30.6 Å². The quantitative estimate of drug-likeness (QED) is 0.591. The molecule has 0 heterocycles. The number of benzene rings is 1. The molecule has 4 nitrogen and oxygen atoms in total. The van der Waals surface area contributed by atoms with E-state index in [1.165, 1.54) is 16.7 Å². The van der Waals surface area contributed by atoms with E-state index in [0.717, 1.165) is 50.8 Å². The minimum absolute atomic E-state index is 0.229. The van der Waals surface area contributed by atoms with E-state index in [9.17, 15) is 9.90 Å². The minimum Gasteiger partial charge on any atom is -0.492 e. The highest BCUT2D eigenvalue weighted by Gasteiger charge is 2.62. The molecule has 1 aromatic rings. The Kier molecular flexibility index (Phi) is 6.45. The van der Waals surface area contributed by atoms with Crippen LogP contribution in [-0.4, -0.2) is 48.6 Å². The van der Waals surface area contributed by atoms with Gasteiger partial charge in [-0.05, 0) is 106 Å². The maximum absolute atomic E-state index is 12.2. The van der Waals surface area contributed by atoms with E-state index in [1.54, 1.807) is 5.57 Å². The Morgan fingerprint density at radius 3 is 2.63 bits per heavy atom. The fourth-order valence-electron chi connectivity index (χ4n) is 7.52. The van der Waals surface area contributed by atoms with Gasteiger partial charge in [0.15, 0.2) is 5.78 Å². The van der Waals surface area contributed by atoms with Gasteiger partial charge in [0.2, 0.25) is 0 Å². The maximum Gasteiger partial charge on any atom is 0.156 e. The van der Waals surface area contributed by atoms with E-state index in [-0.39, 0.29) is 17.1 Å². The third kappa shape index (κ3) is 4.17.